The van der Waals surface area contributed by atoms with E-state index in [0.29, 0.717) is 24.3 Å². The van der Waals surface area contributed by atoms with Gasteiger partial charge in [0.15, 0.2) is 0 Å². The normalized spacial score (nSPS) is 10.6. The highest BCUT2D eigenvalue weighted by Crippen LogP contribution is 2.14. The third kappa shape index (κ3) is 3.75. The van der Waals surface area contributed by atoms with Crippen LogP contribution in [0.4, 0.5) is 0 Å². The van der Waals surface area contributed by atoms with Crippen molar-refractivity contribution in [3.8, 4) is 0 Å². The first-order chi connectivity index (χ1) is 6.36. The number of rotatable bonds is 6. The summed E-state index contributed by atoms with van der Waals surface area (Å²) in [5.41, 5.74) is 5.31. The van der Waals surface area contributed by atoms with Gasteiger partial charge in [0.25, 0.3) is 5.22 Å². The Hall–Kier alpha value is -0.590. The molecular formula is C7H13N3O2S. The molecule has 0 saturated heterocycles. The van der Waals surface area contributed by atoms with Crippen molar-refractivity contribution < 1.29 is 9.15 Å². The number of aromatic nitrogens is 2. The molecule has 1 rings (SSSR count). The standard InChI is InChI=1S/C7H13N3O2S/c1-2-11-3-4-13-7-10-9-6(5-8)12-7/h2-5,8H2,1H3. The van der Waals surface area contributed by atoms with Crippen LogP contribution in [0.3, 0.4) is 0 Å². The molecule has 0 amide bonds. The molecule has 0 unspecified atom stereocenters. The van der Waals surface area contributed by atoms with Crippen molar-refractivity contribution in [1.82, 2.24) is 10.2 Å². The van der Waals surface area contributed by atoms with E-state index >= 15 is 0 Å². The summed E-state index contributed by atoms with van der Waals surface area (Å²) in [4.78, 5) is 0. The second kappa shape index (κ2) is 5.95. The monoisotopic (exact) mass is 203 g/mol. The average Bonchev–Trinajstić information content (AvgIpc) is 2.60. The van der Waals surface area contributed by atoms with E-state index in [1.54, 1.807) is 0 Å². The predicted molar refractivity (Wildman–Crippen MR) is 49.4 cm³/mol. The first kappa shape index (κ1) is 10.5. The topological polar surface area (TPSA) is 74.2 Å². The van der Waals surface area contributed by atoms with Crippen molar-refractivity contribution in [2.24, 2.45) is 5.73 Å². The maximum absolute atomic E-state index is 5.31. The summed E-state index contributed by atoms with van der Waals surface area (Å²) in [5, 5.41) is 8.08. The van der Waals surface area contributed by atoms with Gasteiger partial charge in [-0.2, -0.15) is 0 Å². The number of nitrogens with zero attached hydrogens (tertiary/aromatic N) is 2. The molecule has 0 atom stereocenters. The smallest absolute Gasteiger partial charge is 0.276 e. The van der Waals surface area contributed by atoms with Crippen LogP contribution in [0, 0.1) is 0 Å². The fourth-order valence-electron chi connectivity index (χ4n) is 0.711. The van der Waals surface area contributed by atoms with E-state index in [1.165, 1.54) is 11.8 Å². The molecule has 0 saturated carbocycles. The highest BCUT2D eigenvalue weighted by atomic mass is 32.2. The molecule has 0 radical (unpaired) electrons. The van der Waals surface area contributed by atoms with Gasteiger partial charge in [-0.15, -0.1) is 10.2 Å². The van der Waals surface area contributed by atoms with Gasteiger partial charge in [-0.05, 0) is 6.92 Å². The van der Waals surface area contributed by atoms with Crippen molar-refractivity contribution in [1.29, 1.82) is 0 Å². The first-order valence-electron chi connectivity index (χ1n) is 4.09. The van der Waals surface area contributed by atoms with Gasteiger partial charge in [-0.25, -0.2) is 0 Å². The number of hydrogen-bond acceptors (Lipinski definition) is 6. The zero-order valence-electron chi connectivity index (χ0n) is 7.52. The summed E-state index contributed by atoms with van der Waals surface area (Å²) in [6.45, 7) is 3.68. The summed E-state index contributed by atoms with van der Waals surface area (Å²) in [5.74, 6) is 1.29. The number of thioether (sulfide) groups is 1. The van der Waals surface area contributed by atoms with Gasteiger partial charge in [-0.1, -0.05) is 11.8 Å². The summed E-state index contributed by atoms with van der Waals surface area (Å²) < 4.78 is 10.3. The highest BCUT2D eigenvalue weighted by Gasteiger charge is 2.03. The second-order valence-electron chi connectivity index (χ2n) is 2.21. The Balaban J connectivity index is 2.20. The molecule has 6 heteroatoms. The lowest BCUT2D eigenvalue weighted by Crippen LogP contribution is -1.95. The maximum Gasteiger partial charge on any atom is 0.276 e. The van der Waals surface area contributed by atoms with Crippen molar-refractivity contribution >= 4 is 11.8 Å². The zero-order chi connectivity index (χ0) is 9.52. The molecular weight excluding hydrogens is 190 g/mol. The second-order valence-corrected chi connectivity index (χ2v) is 3.26. The Labute approximate surface area is 81.0 Å². The van der Waals surface area contributed by atoms with Crippen molar-refractivity contribution in [2.75, 3.05) is 19.0 Å². The van der Waals surface area contributed by atoms with Gasteiger partial charge in [0, 0.05) is 12.4 Å². The van der Waals surface area contributed by atoms with Crippen LogP contribution in [-0.4, -0.2) is 29.2 Å². The fraction of sp³-hybridized carbons (Fsp3) is 0.714. The third-order valence-electron chi connectivity index (χ3n) is 1.28. The average molecular weight is 203 g/mol. The van der Waals surface area contributed by atoms with Crippen molar-refractivity contribution in [3.05, 3.63) is 5.89 Å². The van der Waals surface area contributed by atoms with Crippen LogP contribution in [-0.2, 0) is 11.3 Å². The molecule has 0 aliphatic heterocycles. The van der Waals surface area contributed by atoms with E-state index in [2.05, 4.69) is 10.2 Å². The largest absolute Gasteiger partial charge is 0.415 e. The molecule has 0 aliphatic carbocycles. The summed E-state index contributed by atoms with van der Waals surface area (Å²) in [6, 6.07) is 0. The van der Waals surface area contributed by atoms with Gasteiger partial charge < -0.3 is 14.9 Å². The Kier molecular flexibility index (Phi) is 4.81. The minimum Gasteiger partial charge on any atom is -0.415 e. The molecule has 0 bridgehead atoms. The molecule has 5 nitrogen and oxygen atoms in total. The lowest BCUT2D eigenvalue weighted by Gasteiger charge is -1.96. The lowest BCUT2D eigenvalue weighted by atomic mass is 10.7. The van der Waals surface area contributed by atoms with E-state index < -0.39 is 0 Å². The van der Waals surface area contributed by atoms with Crippen LogP contribution in [0.2, 0.25) is 0 Å². The fourth-order valence-corrected chi connectivity index (χ4v) is 1.34. The molecule has 1 aromatic rings. The molecule has 0 fully saturated rings. The molecule has 13 heavy (non-hydrogen) atoms. The van der Waals surface area contributed by atoms with E-state index in [-0.39, 0.29) is 0 Å². The molecule has 0 aliphatic rings. The minimum absolute atomic E-state index is 0.291. The minimum atomic E-state index is 0.291. The lowest BCUT2D eigenvalue weighted by molar-refractivity contribution is 0.164. The number of ether oxygens (including phenoxy) is 1. The number of nitrogens with two attached hydrogens (primary N) is 1. The van der Waals surface area contributed by atoms with E-state index in [1.807, 2.05) is 6.92 Å². The van der Waals surface area contributed by atoms with Gasteiger partial charge in [0.1, 0.15) is 0 Å². The molecule has 1 aromatic heterocycles. The van der Waals surface area contributed by atoms with E-state index in [9.17, 15) is 0 Å². The van der Waals surface area contributed by atoms with Crippen LogP contribution < -0.4 is 5.73 Å². The van der Waals surface area contributed by atoms with Crippen LogP contribution in [0.1, 0.15) is 12.8 Å². The molecule has 2 N–H and O–H groups in total. The van der Waals surface area contributed by atoms with Gasteiger partial charge in [0.2, 0.25) is 5.89 Å². The van der Waals surface area contributed by atoms with Crippen molar-refractivity contribution in [2.45, 2.75) is 18.7 Å². The molecule has 74 valence electrons. The quantitative estimate of drug-likeness (QED) is 0.540. The van der Waals surface area contributed by atoms with E-state index in [0.717, 1.165) is 12.4 Å². The van der Waals surface area contributed by atoms with E-state index in [4.69, 9.17) is 14.9 Å². The van der Waals surface area contributed by atoms with Gasteiger partial charge in [0.05, 0.1) is 13.2 Å². The predicted octanol–water partition coefficient (Wildman–Crippen LogP) is 0.657. The summed E-state index contributed by atoms with van der Waals surface area (Å²) in [6.07, 6.45) is 0. The Morgan fingerprint density at radius 1 is 1.54 bits per heavy atom. The molecule has 1 heterocycles. The SMILES string of the molecule is CCOCCSc1nnc(CN)o1. The van der Waals surface area contributed by atoms with Gasteiger partial charge in [-0.3, -0.25) is 0 Å². The first-order valence-corrected chi connectivity index (χ1v) is 5.08. The summed E-state index contributed by atoms with van der Waals surface area (Å²) >= 11 is 1.48. The van der Waals surface area contributed by atoms with Crippen LogP contribution in [0.25, 0.3) is 0 Å². The molecule has 0 spiro atoms. The van der Waals surface area contributed by atoms with Crippen LogP contribution >= 0.6 is 11.8 Å². The maximum atomic E-state index is 5.31. The van der Waals surface area contributed by atoms with Crippen LogP contribution in [0.15, 0.2) is 9.64 Å². The highest BCUT2D eigenvalue weighted by molar-refractivity contribution is 7.99. The van der Waals surface area contributed by atoms with Crippen molar-refractivity contribution in [3.63, 3.8) is 0 Å². The third-order valence-corrected chi connectivity index (χ3v) is 2.06. The van der Waals surface area contributed by atoms with Gasteiger partial charge >= 0.3 is 0 Å². The van der Waals surface area contributed by atoms with Crippen LogP contribution in [0.5, 0.6) is 0 Å². The zero-order valence-corrected chi connectivity index (χ0v) is 8.34. The Morgan fingerprint density at radius 3 is 3.00 bits per heavy atom. The number of hydrogen-bond donors (Lipinski definition) is 1. The Morgan fingerprint density at radius 2 is 2.38 bits per heavy atom. The molecule has 0 aromatic carbocycles. The summed E-state index contributed by atoms with van der Waals surface area (Å²) in [7, 11) is 0. The Bertz CT molecular complexity index is 241.